The van der Waals surface area contributed by atoms with Crippen molar-refractivity contribution in [1.82, 2.24) is 9.71 Å². The topological polar surface area (TPSA) is 68.3 Å². The van der Waals surface area contributed by atoms with Gasteiger partial charge in [0.25, 0.3) is 0 Å². The Labute approximate surface area is 148 Å². The number of benzene rings is 1. The summed E-state index contributed by atoms with van der Waals surface area (Å²) in [6, 6.07) is 8.66. The van der Waals surface area contributed by atoms with Gasteiger partial charge in [0.2, 0.25) is 10.0 Å². The lowest BCUT2D eigenvalue weighted by Crippen LogP contribution is -2.30. The van der Waals surface area contributed by atoms with Crippen LogP contribution in [0.5, 0.6) is 5.75 Å². The molecule has 0 saturated heterocycles. The summed E-state index contributed by atoms with van der Waals surface area (Å²) in [5.74, 6) is 1.12. The van der Waals surface area contributed by atoms with Gasteiger partial charge in [-0.05, 0) is 68.0 Å². The summed E-state index contributed by atoms with van der Waals surface area (Å²) in [7, 11) is -3.60. The molecule has 0 amide bonds. The van der Waals surface area contributed by atoms with Crippen molar-refractivity contribution < 1.29 is 13.2 Å². The van der Waals surface area contributed by atoms with Gasteiger partial charge in [-0.25, -0.2) is 13.1 Å². The van der Waals surface area contributed by atoms with Crippen LogP contribution in [0.1, 0.15) is 43.9 Å². The lowest BCUT2D eigenvalue weighted by atomic mass is 10.0. The molecule has 0 bridgehead atoms. The number of nitrogens with one attached hydrogen (secondary N) is 1. The average molecular weight is 358 g/mol. The highest BCUT2D eigenvalue weighted by Gasteiger charge is 2.36. The minimum absolute atomic E-state index is 0.223. The van der Waals surface area contributed by atoms with Crippen LogP contribution >= 0.6 is 0 Å². The van der Waals surface area contributed by atoms with E-state index in [9.17, 15) is 8.42 Å². The maximum absolute atomic E-state index is 12.9. The fraction of sp³-hybridized carbons (Fsp3) is 0.421. The fourth-order valence-corrected chi connectivity index (χ4v) is 4.76. The number of fused-ring (bicyclic) bond motifs is 1. The quantitative estimate of drug-likeness (QED) is 0.891. The van der Waals surface area contributed by atoms with Crippen molar-refractivity contribution in [1.29, 1.82) is 0 Å². The van der Waals surface area contributed by atoms with Crippen LogP contribution in [0.25, 0.3) is 0 Å². The molecular formula is C19H22N2O3S. The number of aromatic nitrogens is 1. The highest BCUT2D eigenvalue weighted by atomic mass is 32.2. The largest absolute Gasteiger partial charge is 0.487 e. The Morgan fingerprint density at radius 1 is 1.28 bits per heavy atom. The summed E-state index contributed by atoms with van der Waals surface area (Å²) in [4.78, 5) is 4.42. The van der Waals surface area contributed by atoms with Gasteiger partial charge in [-0.3, -0.25) is 4.98 Å². The molecule has 1 fully saturated rings. The number of ether oxygens (including phenoxy) is 1. The highest BCUT2D eigenvalue weighted by Crippen LogP contribution is 2.42. The van der Waals surface area contributed by atoms with Gasteiger partial charge in [-0.1, -0.05) is 6.07 Å². The minimum Gasteiger partial charge on any atom is -0.487 e. The Balaban J connectivity index is 1.62. The zero-order valence-corrected chi connectivity index (χ0v) is 15.2. The van der Waals surface area contributed by atoms with E-state index in [1.54, 1.807) is 30.6 Å². The molecule has 1 N–H and O–H groups in total. The van der Waals surface area contributed by atoms with Crippen LogP contribution in [-0.2, 0) is 16.4 Å². The van der Waals surface area contributed by atoms with Crippen LogP contribution in [0, 0.1) is 5.92 Å². The third-order valence-electron chi connectivity index (χ3n) is 4.76. The first kappa shape index (κ1) is 16.5. The van der Waals surface area contributed by atoms with Gasteiger partial charge in [0, 0.05) is 18.8 Å². The third-order valence-corrected chi connectivity index (χ3v) is 6.20. The Bertz CT molecular complexity index is 890. The number of hydrogen-bond donors (Lipinski definition) is 1. The van der Waals surface area contributed by atoms with Crippen molar-refractivity contribution in [3.8, 4) is 5.75 Å². The molecule has 2 heterocycles. The van der Waals surface area contributed by atoms with Crippen LogP contribution in [-0.4, -0.2) is 19.0 Å². The molecular weight excluding hydrogens is 336 g/mol. The Kier molecular flexibility index (Phi) is 3.85. The highest BCUT2D eigenvalue weighted by molar-refractivity contribution is 7.89. The normalized spacial score (nSPS) is 19.9. The summed E-state index contributed by atoms with van der Waals surface area (Å²) in [6.45, 7) is 4.01. The number of sulfonamides is 1. The van der Waals surface area contributed by atoms with E-state index in [2.05, 4.69) is 9.71 Å². The van der Waals surface area contributed by atoms with E-state index in [0.717, 1.165) is 29.7 Å². The van der Waals surface area contributed by atoms with Gasteiger partial charge in [-0.2, -0.15) is 0 Å². The summed E-state index contributed by atoms with van der Waals surface area (Å²) >= 11 is 0. The molecule has 5 nitrogen and oxygen atoms in total. The molecule has 2 aromatic rings. The molecule has 0 spiro atoms. The van der Waals surface area contributed by atoms with E-state index in [1.807, 2.05) is 26.0 Å². The van der Waals surface area contributed by atoms with Crippen molar-refractivity contribution in [2.75, 3.05) is 0 Å². The van der Waals surface area contributed by atoms with E-state index in [-0.39, 0.29) is 11.6 Å². The van der Waals surface area contributed by atoms with Crippen molar-refractivity contribution in [3.05, 3.63) is 53.9 Å². The molecule has 4 rings (SSSR count). The van der Waals surface area contributed by atoms with E-state index in [1.165, 1.54) is 0 Å². The predicted molar refractivity (Wildman–Crippen MR) is 94.9 cm³/mol. The monoisotopic (exact) mass is 358 g/mol. The van der Waals surface area contributed by atoms with E-state index >= 15 is 0 Å². The first-order valence-electron chi connectivity index (χ1n) is 8.58. The minimum atomic E-state index is -3.60. The molecule has 132 valence electrons. The summed E-state index contributed by atoms with van der Waals surface area (Å²) < 4.78 is 34.6. The molecule has 25 heavy (non-hydrogen) atoms. The number of nitrogens with zero attached hydrogens (tertiary/aromatic N) is 1. The van der Waals surface area contributed by atoms with Gasteiger partial charge < -0.3 is 4.74 Å². The maximum atomic E-state index is 12.9. The SMILES string of the molecule is CC1(C)Cc2cc(S(=O)(=O)NC(c3cccnc3)C3CC3)ccc2O1. The van der Waals surface area contributed by atoms with Crippen LogP contribution in [0.2, 0.25) is 0 Å². The number of hydrogen-bond acceptors (Lipinski definition) is 4. The van der Waals surface area contributed by atoms with Crippen molar-refractivity contribution in [2.45, 2.75) is 49.6 Å². The molecule has 1 unspecified atom stereocenters. The molecule has 1 aliphatic heterocycles. The Morgan fingerprint density at radius 3 is 2.76 bits per heavy atom. The maximum Gasteiger partial charge on any atom is 0.241 e. The Hall–Kier alpha value is -1.92. The smallest absolute Gasteiger partial charge is 0.241 e. The van der Waals surface area contributed by atoms with E-state index in [0.29, 0.717) is 17.2 Å². The number of rotatable bonds is 5. The van der Waals surface area contributed by atoms with E-state index < -0.39 is 10.0 Å². The standard InChI is InChI=1S/C19H22N2O3S/c1-19(2)11-15-10-16(7-8-17(15)24-19)25(22,23)21-18(13-5-6-13)14-4-3-9-20-12-14/h3-4,7-10,12-13,18,21H,5-6,11H2,1-2H3. The van der Waals surface area contributed by atoms with Gasteiger partial charge in [0.15, 0.2) is 0 Å². The van der Waals surface area contributed by atoms with Gasteiger partial charge in [-0.15, -0.1) is 0 Å². The van der Waals surface area contributed by atoms with Crippen LogP contribution in [0.4, 0.5) is 0 Å². The summed E-state index contributed by atoms with van der Waals surface area (Å²) in [5, 5.41) is 0. The molecule has 2 aliphatic rings. The lowest BCUT2D eigenvalue weighted by molar-refractivity contribution is 0.138. The molecule has 0 radical (unpaired) electrons. The van der Waals surface area contributed by atoms with Crippen LogP contribution < -0.4 is 9.46 Å². The third kappa shape index (κ3) is 3.41. The van der Waals surface area contributed by atoms with Gasteiger partial charge in [0.1, 0.15) is 11.4 Å². The second kappa shape index (κ2) is 5.81. The molecule has 6 heteroatoms. The summed E-state index contributed by atoms with van der Waals surface area (Å²) in [6.07, 6.45) is 6.22. The first-order chi connectivity index (χ1) is 11.8. The molecule has 1 aliphatic carbocycles. The average Bonchev–Trinajstić information content (AvgIpc) is 3.34. The van der Waals surface area contributed by atoms with Crippen LogP contribution in [0.15, 0.2) is 47.6 Å². The van der Waals surface area contributed by atoms with Gasteiger partial charge in [0.05, 0.1) is 10.9 Å². The van der Waals surface area contributed by atoms with Crippen molar-refractivity contribution >= 4 is 10.0 Å². The zero-order chi connectivity index (χ0) is 17.7. The second-order valence-corrected chi connectivity index (χ2v) is 9.24. The van der Waals surface area contributed by atoms with Crippen molar-refractivity contribution in [3.63, 3.8) is 0 Å². The second-order valence-electron chi connectivity index (χ2n) is 7.53. The zero-order valence-electron chi connectivity index (χ0n) is 14.4. The van der Waals surface area contributed by atoms with Crippen molar-refractivity contribution in [2.24, 2.45) is 5.92 Å². The molecule has 1 aromatic heterocycles. The van der Waals surface area contributed by atoms with Gasteiger partial charge >= 0.3 is 0 Å². The molecule has 1 saturated carbocycles. The van der Waals surface area contributed by atoms with E-state index in [4.69, 9.17) is 4.74 Å². The first-order valence-corrected chi connectivity index (χ1v) is 10.1. The lowest BCUT2D eigenvalue weighted by Gasteiger charge is -2.18. The fourth-order valence-electron chi connectivity index (χ4n) is 3.41. The Morgan fingerprint density at radius 2 is 2.08 bits per heavy atom. The molecule has 1 aromatic carbocycles. The predicted octanol–water partition coefficient (Wildman–Crippen LogP) is 3.22. The van der Waals surface area contributed by atoms with Crippen LogP contribution in [0.3, 0.4) is 0 Å². The summed E-state index contributed by atoms with van der Waals surface area (Å²) in [5.41, 5.74) is 1.57. The molecule has 1 atom stereocenters. The number of pyridine rings is 1.